The minimum absolute atomic E-state index is 0.900. The van der Waals surface area contributed by atoms with Crippen molar-refractivity contribution in [3.05, 3.63) is 261 Å². The third-order valence-corrected chi connectivity index (χ3v) is 14.1. The number of para-hydroxylation sites is 6. The summed E-state index contributed by atoms with van der Waals surface area (Å²) in [5.74, 6) is 0. The lowest BCUT2D eigenvalue weighted by Crippen LogP contribution is -2.09. The fourth-order valence-electron chi connectivity index (χ4n) is 10.9. The van der Waals surface area contributed by atoms with Gasteiger partial charge in [-0.25, -0.2) is 0 Å². The van der Waals surface area contributed by atoms with Crippen molar-refractivity contribution < 1.29 is 4.42 Å². The first-order valence-corrected chi connectivity index (χ1v) is 23.9. The van der Waals surface area contributed by atoms with Crippen molar-refractivity contribution in [3.8, 4) is 44.8 Å². The van der Waals surface area contributed by atoms with Crippen LogP contribution in [-0.4, -0.2) is 9.13 Å². The number of nitrogens with zero attached hydrogens (tertiary/aromatic N) is 3. The summed E-state index contributed by atoms with van der Waals surface area (Å²) in [7, 11) is 0. The predicted octanol–water partition coefficient (Wildman–Crippen LogP) is 18.3. The van der Waals surface area contributed by atoms with E-state index in [1.54, 1.807) is 0 Å². The van der Waals surface area contributed by atoms with Crippen LogP contribution in [0.1, 0.15) is 0 Å². The lowest BCUT2D eigenvalue weighted by molar-refractivity contribution is 0.670. The highest BCUT2D eigenvalue weighted by atomic mass is 16.3. The Morgan fingerprint density at radius 2 is 0.643 bits per heavy atom. The lowest BCUT2D eigenvalue weighted by atomic mass is 10.0. The fraction of sp³-hybridized carbons (Fsp3) is 0. The highest BCUT2D eigenvalue weighted by molar-refractivity contribution is 6.11. The predicted molar refractivity (Wildman–Crippen MR) is 293 cm³/mol. The zero-order valence-electron chi connectivity index (χ0n) is 38.1. The summed E-state index contributed by atoms with van der Waals surface area (Å²) in [6, 6.07) is 94.1. The van der Waals surface area contributed by atoms with Crippen molar-refractivity contribution in [1.29, 1.82) is 0 Å². The summed E-state index contributed by atoms with van der Waals surface area (Å²) in [6.45, 7) is 0. The molecule has 3 heterocycles. The molecule has 0 unspecified atom stereocenters. The molecule has 0 aliphatic carbocycles. The van der Waals surface area contributed by atoms with Gasteiger partial charge < -0.3 is 18.5 Å². The van der Waals surface area contributed by atoms with Crippen LogP contribution in [0, 0.1) is 0 Å². The zero-order chi connectivity index (χ0) is 46.1. The van der Waals surface area contributed by atoms with Crippen molar-refractivity contribution in [3.63, 3.8) is 0 Å². The maximum absolute atomic E-state index is 6.47. The second kappa shape index (κ2) is 16.2. The van der Waals surface area contributed by atoms with Gasteiger partial charge in [0, 0.05) is 66.3 Å². The molecule has 14 rings (SSSR count). The molecular formula is C66H43N3O. The number of furan rings is 1. The molecule has 0 aliphatic heterocycles. The van der Waals surface area contributed by atoms with Gasteiger partial charge >= 0.3 is 0 Å². The minimum atomic E-state index is 0.900. The Hall–Kier alpha value is -9.38. The first-order valence-electron chi connectivity index (χ1n) is 23.9. The SMILES string of the molecule is c1cc(-c2ccc(N(c3ccc(-c4cccc(-n5c6ccccc6c6ccccc65)c4)cc3)c3ccc(-c4cccc5c4oc4ccccc45)cc3)cc2)cc(-n2c3ccccc3c3ccccc32)c1. The molecule has 0 bridgehead atoms. The Kier molecular flexibility index (Phi) is 9.17. The molecule has 4 nitrogen and oxygen atoms in total. The standard InChI is InChI=1S/C66H43N3O/c1-6-25-61-55(18-1)56-19-2-7-26-62(56)68(61)52-16-11-14-47(42-52)44-30-36-49(37-31-44)67(51-40-34-46(35-41-51)54-23-13-24-60-59-22-5-10-29-65(59)70-66(54)60)50-38-32-45(33-39-50)48-15-12-17-53(43-48)69-63-27-8-3-20-57(63)58-21-4-9-28-64(58)69/h1-43H. The molecule has 0 radical (unpaired) electrons. The lowest BCUT2D eigenvalue weighted by Gasteiger charge is -2.26. The van der Waals surface area contributed by atoms with E-state index in [4.69, 9.17) is 4.42 Å². The van der Waals surface area contributed by atoms with Crippen molar-refractivity contribution in [2.24, 2.45) is 0 Å². The van der Waals surface area contributed by atoms with Crippen molar-refractivity contribution in [1.82, 2.24) is 9.13 Å². The average molecular weight is 894 g/mol. The molecule has 3 aromatic heterocycles. The van der Waals surface area contributed by atoms with E-state index >= 15 is 0 Å². The van der Waals surface area contributed by atoms with E-state index in [9.17, 15) is 0 Å². The van der Waals surface area contributed by atoms with E-state index < -0.39 is 0 Å². The molecule has 0 saturated heterocycles. The molecule has 328 valence electrons. The second-order valence-electron chi connectivity index (χ2n) is 18.1. The monoisotopic (exact) mass is 893 g/mol. The van der Waals surface area contributed by atoms with Crippen LogP contribution in [0.5, 0.6) is 0 Å². The van der Waals surface area contributed by atoms with Gasteiger partial charge in [0.05, 0.1) is 22.1 Å². The zero-order valence-corrected chi connectivity index (χ0v) is 38.1. The van der Waals surface area contributed by atoms with Crippen molar-refractivity contribution in [2.45, 2.75) is 0 Å². The van der Waals surface area contributed by atoms with Crippen LogP contribution in [0.25, 0.3) is 110 Å². The number of hydrogen-bond acceptors (Lipinski definition) is 2. The van der Waals surface area contributed by atoms with Crippen LogP contribution in [0.4, 0.5) is 17.1 Å². The molecule has 0 N–H and O–H groups in total. The Morgan fingerprint density at radius 1 is 0.271 bits per heavy atom. The smallest absolute Gasteiger partial charge is 0.143 e. The van der Waals surface area contributed by atoms with Gasteiger partial charge in [0.25, 0.3) is 0 Å². The molecule has 0 atom stereocenters. The van der Waals surface area contributed by atoms with E-state index in [2.05, 4.69) is 263 Å². The van der Waals surface area contributed by atoms with Gasteiger partial charge in [-0.05, 0) is 119 Å². The van der Waals surface area contributed by atoms with Crippen LogP contribution in [0.15, 0.2) is 265 Å². The molecule has 0 fully saturated rings. The van der Waals surface area contributed by atoms with E-state index in [1.165, 1.54) is 43.6 Å². The number of aromatic nitrogens is 2. The third-order valence-electron chi connectivity index (χ3n) is 14.1. The quantitative estimate of drug-likeness (QED) is 0.152. The van der Waals surface area contributed by atoms with E-state index in [-0.39, 0.29) is 0 Å². The summed E-state index contributed by atoms with van der Waals surface area (Å²) in [6.07, 6.45) is 0. The van der Waals surface area contributed by atoms with Gasteiger partial charge in [0.2, 0.25) is 0 Å². The molecule has 0 amide bonds. The summed E-state index contributed by atoms with van der Waals surface area (Å²) >= 11 is 0. The van der Waals surface area contributed by atoms with Gasteiger partial charge in [-0.3, -0.25) is 0 Å². The van der Waals surface area contributed by atoms with Gasteiger partial charge in [-0.1, -0.05) is 170 Å². The summed E-state index contributed by atoms with van der Waals surface area (Å²) < 4.78 is 11.2. The first kappa shape index (κ1) is 39.8. The van der Waals surface area contributed by atoms with Gasteiger partial charge in [0.15, 0.2) is 0 Å². The highest BCUT2D eigenvalue weighted by Crippen LogP contribution is 2.41. The van der Waals surface area contributed by atoms with Crippen LogP contribution < -0.4 is 4.90 Å². The normalized spacial score (nSPS) is 11.7. The number of benzene rings is 11. The van der Waals surface area contributed by atoms with Crippen molar-refractivity contribution >= 4 is 82.6 Å². The van der Waals surface area contributed by atoms with Crippen LogP contribution in [0.2, 0.25) is 0 Å². The molecule has 0 aliphatic rings. The van der Waals surface area contributed by atoms with Gasteiger partial charge in [-0.2, -0.15) is 0 Å². The van der Waals surface area contributed by atoms with E-state index in [1.807, 2.05) is 12.1 Å². The fourth-order valence-corrected chi connectivity index (χ4v) is 10.9. The van der Waals surface area contributed by atoms with E-state index in [0.29, 0.717) is 0 Å². The molecule has 0 saturated carbocycles. The van der Waals surface area contributed by atoms with Crippen LogP contribution >= 0.6 is 0 Å². The third kappa shape index (κ3) is 6.46. The maximum Gasteiger partial charge on any atom is 0.143 e. The van der Waals surface area contributed by atoms with Crippen LogP contribution in [0.3, 0.4) is 0 Å². The Morgan fingerprint density at radius 3 is 1.10 bits per heavy atom. The molecule has 70 heavy (non-hydrogen) atoms. The van der Waals surface area contributed by atoms with Crippen molar-refractivity contribution in [2.75, 3.05) is 4.90 Å². The minimum Gasteiger partial charge on any atom is -0.455 e. The van der Waals surface area contributed by atoms with E-state index in [0.717, 1.165) is 83.8 Å². The first-order chi connectivity index (χ1) is 34.7. The molecule has 11 aromatic carbocycles. The Balaban J connectivity index is 0.842. The topological polar surface area (TPSA) is 26.2 Å². The maximum atomic E-state index is 6.47. The number of rotatable bonds is 8. The Bertz CT molecular complexity index is 3980. The average Bonchev–Trinajstić information content (AvgIpc) is 4.10. The number of fused-ring (bicyclic) bond motifs is 9. The van der Waals surface area contributed by atoms with Crippen LogP contribution in [-0.2, 0) is 0 Å². The van der Waals surface area contributed by atoms with Gasteiger partial charge in [-0.15, -0.1) is 0 Å². The summed E-state index contributed by atoms with van der Waals surface area (Å²) in [5.41, 5.74) is 18.9. The Labute approximate surface area is 404 Å². The molecular weight excluding hydrogens is 851 g/mol. The highest BCUT2D eigenvalue weighted by Gasteiger charge is 2.18. The van der Waals surface area contributed by atoms with Gasteiger partial charge in [0.1, 0.15) is 11.2 Å². The number of anilines is 3. The summed E-state index contributed by atoms with van der Waals surface area (Å²) in [5, 5.41) is 7.29. The molecule has 0 spiro atoms. The largest absolute Gasteiger partial charge is 0.455 e. The number of hydrogen-bond donors (Lipinski definition) is 0. The molecule has 4 heteroatoms. The summed E-state index contributed by atoms with van der Waals surface area (Å²) in [4.78, 5) is 2.35. The molecule has 14 aromatic rings. The second-order valence-corrected chi connectivity index (χ2v) is 18.1.